The van der Waals surface area contributed by atoms with E-state index in [4.69, 9.17) is 4.74 Å². The van der Waals surface area contributed by atoms with Gasteiger partial charge < -0.3 is 15.2 Å². The molecule has 0 amide bonds. The van der Waals surface area contributed by atoms with E-state index in [1.807, 2.05) is 18.2 Å². The molecule has 1 aliphatic heterocycles. The molecule has 2 N–H and O–H groups in total. The molecule has 0 saturated heterocycles. The number of Topliss-reactive ketones (excluding diaryl/α,β-unsaturated/α-hetero) is 1. The van der Waals surface area contributed by atoms with Gasteiger partial charge in [-0.05, 0) is 43.1 Å². The predicted octanol–water partition coefficient (Wildman–Crippen LogP) is 0.660. The number of rotatable bonds is 3. The van der Waals surface area contributed by atoms with Crippen molar-refractivity contribution in [2.45, 2.75) is 18.8 Å². The first kappa shape index (κ1) is 13.1. The molecule has 0 aliphatic carbocycles. The molecule has 0 spiro atoms. The zero-order valence-electron chi connectivity index (χ0n) is 10.8. The van der Waals surface area contributed by atoms with Crippen molar-refractivity contribution < 1.29 is 14.6 Å². The van der Waals surface area contributed by atoms with Gasteiger partial charge in [-0.1, -0.05) is 6.07 Å². The van der Waals surface area contributed by atoms with Crippen LogP contribution >= 0.6 is 0 Å². The summed E-state index contributed by atoms with van der Waals surface area (Å²) in [4.78, 5) is 12.0. The summed E-state index contributed by atoms with van der Waals surface area (Å²) in [5.41, 5.74) is 1.17. The molecule has 1 atom stereocenters. The Balaban J connectivity index is 2.57. The molecule has 98 valence electrons. The highest BCUT2D eigenvalue weighted by Crippen LogP contribution is 2.32. The fourth-order valence-electron chi connectivity index (χ4n) is 2.56. The van der Waals surface area contributed by atoms with Gasteiger partial charge in [-0.2, -0.15) is 0 Å². The molecule has 0 saturated carbocycles. The Morgan fingerprint density at radius 3 is 2.94 bits per heavy atom. The van der Waals surface area contributed by atoms with Crippen LogP contribution in [0.4, 0.5) is 0 Å². The second kappa shape index (κ2) is 5.08. The van der Waals surface area contributed by atoms with Gasteiger partial charge in [-0.15, -0.1) is 0 Å². The van der Waals surface area contributed by atoms with Gasteiger partial charge in [0.2, 0.25) is 0 Å². The normalized spacial score (nSPS) is 23.1. The van der Waals surface area contributed by atoms with Gasteiger partial charge in [0, 0.05) is 6.54 Å². The van der Waals surface area contributed by atoms with Crippen LogP contribution < -0.4 is 10.1 Å². The lowest BCUT2D eigenvalue weighted by atomic mass is 9.76. The number of nitrogens with one attached hydrogen (secondary N) is 1. The number of carbonyl (C=O) groups is 1. The predicted molar refractivity (Wildman–Crippen MR) is 69.0 cm³/mol. The highest BCUT2D eigenvalue weighted by molar-refractivity contribution is 5.89. The number of methoxy groups -OCH3 is 1. The number of carbonyl (C=O) groups excluding carboxylic acids is 1. The van der Waals surface area contributed by atoms with E-state index in [0.29, 0.717) is 6.54 Å². The van der Waals surface area contributed by atoms with Gasteiger partial charge in [0.25, 0.3) is 0 Å². The lowest BCUT2D eigenvalue weighted by Crippen LogP contribution is -2.46. The van der Waals surface area contributed by atoms with E-state index in [1.165, 1.54) is 6.92 Å². The number of fused-ring (bicyclic) bond motifs is 1. The average molecular weight is 249 g/mol. The summed E-state index contributed by atoms with van der Waals surface area (Å²) >= 11 is 0. The van der Waals surface area contributed by atoms with Crippen LogP contribution in [-0.2, 0) is 16.6 Å². The molecule has 0 bridgehead atoms. The third-order valence-electron chi connectivity index (χ3n) is 3.77. The lowest BCUT2D eigenvalue weighted by molar-refractivity contribution is -0.123. The molecule has 0 radical (unpaired) electrons. The van der Waals surface area contributed by atoms with Crippen LogP contribution in [0.15, 0.2) is 18.2 Å². The number of aliphatic hydroxyl groups excluding tert-OH is 1. The first-order valence-electron chi connectivity index (χ1n) is 6.14. The minimum Gasteiger partial charge on any atom is -0.497 e. The van der Waals surface area contributed by atoms with E-state index >= 15 is 0 Å². The highest BCUT2D eigenvalue weighted by atomic mass is 16.5. The first-order chi connectivity index (χ1) is 8.64. The van der Waals surface area contributed by atoms with E-state index < -0.39 is 5.41 Å². The largest absolute Gasteiger partial charge is 0.497 e. The van der Waals surface area contributed by atoms with Crippen LogP contribution in [0.2, 0.25) is 0 Å². The Morgan fingerprint density at radius 1 is 1.56 bits per heavy atom. The van der Waals surface area contributed by atoms with E-state index in [-0.39, 0.29) is 12.4 Å². The summed E-state index contributed by atoms with van der Waals surface area (Å²) in [7, 11) is 1.63. The quantitative estimate of drug-likeness (QED) is 0.826. The number of ketones is 1. The van der Waals surface area contributed by atoms with Crippen molar-refractivity contribution in [2.24, 2.45) is 0 Å². The van der Waals surface area contributed by atoms with E-state index in [1.54, 1.807) is 7.11 Å². The van der Waals surface area contributed by atoms with Gasteiger partial charge in [-0.25, -0.2) is 0 Å². The number of ether oxygens (including phenoxy) is 1. The molecule has 2 rings (SSSR count). The van der Waals surface area contributed by atoms with E-state index in [2.05, 4.69) is 5.32 Å². The smallest absolute Gasteiger partial charge is 0.143 e. The van der Waals surface area contributed by atoms with E-state index in [0.717, 1.165) is 29.8 Å². The van der Waals surface area contributed by atoms with Gasteiger partial charge in [0.05, 0.1) is 19.1 Å². The van der Waals surface area contributed by atoms with Crippen molar-refractivity contribution in [2.75, 3.05) is 26.8 Å². The summed E-state index contributed by atoms with van der Waals surface area (Å²) in [6.07, 6.45) is 0.835. The van der Waals surface area contributed by atoms with Crippen molar-refractivity contribution in [3.05, 3.63) is 29.3 Å². The Hall–Kier alpha value is -1.39. The lowest BCUT2D eigenvalue weighted by Gasteiger charge is -2.30. The standard InChI is InChI=1S/C14H19NO3/c1-10(17)14(9-16)8-15-6-5-11-7-12(18-2)3-4-13(11)14/h3-4,7,15-16H,5-6,8-9H2,1-2H3. The fourth-order valence-corrected chi connectivity index (χ4v) is 2.56. The van der Waals surface area contributed by atoms with Crippen LogP contribution in [0.5, 0.6) is 5.75 Å². The van der Waals surface area contributed by atoms with E-state index in [9.17, 15) is 9.90 Å². The molecule has 1 aliphatic rings. The zero-order chi connectivity index (χ0) is 13.2. The summed E-state index contributed by atoms with van der Waals surface area (Å²) in [5, 5.41) is 13.0. The van der Waals surface area contributed by atoms with Crippen LogP contribution in [0.3, 0.4) is 0 Å². The maximum absolute atomic E-state index is 12.0. The molecule has 18 heavy (non-hydrogen) atoms. The van der Waals surface area contributed by atoms with Crippen molar-refractivity contribution in [1.29, 1.82) is 0 Å². The molecule has 4 nitrogen and oxygen atoms in total. The number of benzene rings is 1. The van der Waals surface area contributed by atoms with Gasteiger partial charge in [0.15, 0.2) is 0 Å². The highest BCUT2D eigenvalue weighted by Gasteiger charge is 2.39. The van der Waals surface area contributed by atoms with Crippen LogP contribution in [0.25, 0.3) is 0 Å². The Bertz CT molecular complexity index is 458. The molecule has 0 fully saturated rings. The molecule has 1 unspecified atom stereocenters. The second-order valence-electron chi connectivity index (χ2n) is 4.75. The third kappa shape index (κ3) is 2.02. The van der Waals surface area contributed by atoms with Crippen LogP contribution in [-0.4, -0.2) is 37.7 Å². The topological polar surface area (TPSA) is 58.6 Å². The van der Waals surface area contributed by atoms with Crippen molar-refractivity contribution >= 4 is 5.78 Å². The van der Waals surface area contributed by atoms with Gasteiger partial charge in [-0.3, -0.25) is 4.79 Å². The van der Waals surface area contributed by atoms with Crippen molar-refractivity contribution in [3.8, 4) is 5.75 Å². The minimum absolute atomic E-state index is 0.00850. The summed E-state index contributed by atoms with van der Waals surface area (Å²) in [5.74, 6) is 0.775. The number of hydrogen-bond donors (Lipinski definition) is 2. The molecule has 0 aromatic heterocycles. The Kier molecular flexibility index (Phi) is 3.68. The Morgan fingerprint density at radius 2 is 2.33 bits per heavy atom. The monoisotopic (exact) mass is 249 g/mol. The number of aliphatic hydroxyl groups is 1. The molecular formula is C14H19NO3. The summed E-state index contributed by atoms with van der Waals surface area (Å²) in [6, 6.07) is 5.70. The van der Waals surface area contributed by atoms with Crippen LogP contribution in [0, 0.1) is 0 Å². The second-order valence-corrected chi connectivity index (χ2v) is 4.75. The molecular weight excluding hydrogens is 230 g/mol. The minimum atomic E-state index is -0.821. The van der Waals surface area contributed by atoms with Crippen molar-refractivity contribution in [1.82, 2.24) is 5.32 Å². The first-order valence-corrected chi connectivity index (χ1v) is 6.14. The third-order valence-corrected chi connectivity index (χ3v) is 3.77. The average Bonchev–Trinajstić information content (AvgIpc) is 2.57. The van der Waals surface area contributed by atoms with Gasteiger partial charge in [0.1, 0.15) is 11.5 Å². The fraction of sp³-hybridized carbons (Fsp3) is 0.500. The molecule has 1 aromatic rings. The molecule has 1 aromatic carbocycles. The molecule has 4 heteroatoms. The zero-order valence-corrected chi connectivity index (χ0v) is 10.8. The maximum Gasteiger partial charge on any atom is 0.143 e. The van der Waals surface area contributed by atoms with Crippen LogP contribution in [0.1, 0.15) is 18.1 Å². The summed E-state index contributed by atoms with van der Waals surface area (Å²) in [6.45, 7) is 2.65. The number of hydrogen-bond acceptors (Lipinski definition) is 4. The maximum atomic E-state index is 12.0. The van der Waals surface area contributed by atoms with Gasteiger partial charge >= 0.3 is 0 Å². The molecule has 1 heterocycles. The Labute approximate surface area is 107 Å². The van der Waals surface area contributed by atoms with Crippen molar-refractivity contribution in [3.63, 3.8) is 0 Å². The SMILES string of the molecule is COc1ccc2c(c1)CCNCC2(CO)C(C)=O. The summed E-state index contributed by atoms with van der Waals surface area (Å²) < 4.78 is 5.22.